The first kappa shape index (κ1) is 16.9. The minimum absolute atomic E-state index is 0.0398. The van der Waals surface area contributed by atoms with Crippen molar-refractivity contribution >= 4 is 40.3 Å². The zero-order valence-corrected chi connectivity index (χ0v) is 15.1. The number of carbonyl (C=O) groups is 1. The minimum Gasteiger partial charge on any atom is -0.361 e. The maximum absolute atomic E-state index is 12.9. The van der Waals surface area contributed by atoms with Crippen LogP contribution in [0.4, 0.5) is 5.69 Å². The third kappa shape index (κ3) is 3.13. The van der Waals surface area contributed by atoms with Crippen molar-refractivity contribution in [3.05, 3.63) is 64.8 Å². The van der Waals surface area contributed by atoms with Crippen molar-refractivity contribution < 1.29 is 4.79 Å². The van der Waals surface area contributed by atoms with Crippen LogP contribution in [0.25, 0.3) is 10.9 Å². The number of nitrogens with zero attached hydrogens (tertiary/aromatic N) is 1. The highest BCUT2D eigenvalue weighted by atomic mass is 35.5. The fourth-order valence-corrected chi connectivity index (χ4v) is 3.92. The van der Waals surface area contributed by atoms with Gasteiger partial charge in [-0.15, -0.1) is 0 Å². The molecule has 0 spiro atoms. The Hall–Kier alpha value is -2.59. The molecule has 1 aliphatic rings. The number of fused-ring (bicyclic) bond motifs is 2. The summed E-state index contributed by atoms with van der Waals surface area (Å²) in [5.74, 6) is 0.128. The van der Waals surface area contributed by atoms with Gasteiger partial charge in [-0.05, 0) is 48.2 Å². The molecule has 1 unspecified atom stereocenters. The summed E-state index contributed by atoms with van der Waals surface area (Å²) in [6.07, 6.45) is 5.31. The normalized spacial score (nSPS) is 16.5. The number of nitrogens with one attached hydrogen (secondary N) is 2. The van der Waals surface area contributed by atoms with Crippen molar-refractivity contribution in [2.45, 2.75) is 19.3 Å². The Morgan fingerprint density at radius 2 is 2.15 bits per heavy atom. The number of H-pyrrole nitrogens is 1. The van der Waals surface area contributed by atoms with Gasteiger partial charge in [0.05, 0.1) is 0 Å². The van der Waals surface area contributed by atoms with E-state index in [1.165, 1.54) is 11.6 Å². The summed E-state index contributed by atoms with van der Waals surface area (Å²) >= 11 is 6.12. The molecule has 26 heavy (non-hydrogen) atoms. The van der Waals surface area contributed by atoms with Crippen molar-refractivity contribution in [3.8, 4) is 0 Å². The molecule has 2 aromatic carbocycles. The molecule has 1 aromatic heterocycles. The van der Waals surface area contributed by atoms with Crippen LogP contribution >= 0.6 is 11.6 Å². The number of rotatable bonds is 4. The van der Waals surface area contributed by atoms with Crippen LogP contribution < -0.4 is 4.90 Å². The van der Waals surface area contributed by atoms with Gasteiger partial charge in [0.1, 0.15) is 0 Å². The van der Waals surface area contributed by atoms with E-state index in [0.29, 0.717) is 24.4 Å². The quantitative estimate of drug-likeness (QED) is 0.652. The Morgan fingerprint density at radius 1 is 1.31 bits per heavy atom. The van der Waals surface area contributed by atoms with E-state index in [1.54, 1.807) is 0 Å². The zero-order valence-electron chi connectivity index (χ0n) is 14.3. The van der Waals surface area contributed by atoms with E-state index >= 15 is 0 Å². The number of halogens is 1. The summed E-state index contributed by atoms with van der Waals surface area (Å²) in [5.41, 5.74) is 4.22. The van der Waals surface area contributed by atoms with Crippen LogP contribution in [0.5, 0.6) is 0 Å². The van der Waals surface area contributed by atoms with Crippen LogP contribution in [0, 0.1) is 11.3 Å². The monoisotopic (exact) mass is 365 g/mol. The second-order valence-electron chi connectivity index (χ2n) is 6.77. The van der Waals surface area contributed by atoms with E-state index in [-0.39, 0.29) is 11.8 Å². The number of benzene rings is 2. The van der Waals surface area contributed by atoms with Gasteiger partial charge in [0.2, 0.25) is 5.91 Å². The molecule has 2 heterocycles. The average molecular weight is 366 g/mol. The van der Waals surface area contributed by atoms with Crippen molar-refractivity contribution in [2.24, 2.45) is 5.92 Å². The smallest absolute Gasteiger partial charge is 0.227 e. The molecule has 4 rings (SSSR count). The highest BCUT2D eigenvalue weighted by Gasteiger charge is 2.27. The summed E-state index contributed by atoms with van der Waals surface area (Å²) in [6, 6.07) is 13.8. The van der Waals surface area contributed by atoms with Crippen LogP contribution in [0.2, 0.25) is 5.02 Å². The number of para-hydroxylation sites is 1. The lowest BCUT2D eigenvalue weighted by Crippen LogP contribution is -2.40. The molecule has 2 N–H and O–H groups in total. The van der Waals surface area contributed by atoms with Crippen LogP contribution in [0.15, 0.2) is 48.7 Å². The van der Waals surface area contributed by atoms with Gasteiger partial charge in [-0.25, -0.2) is 0 Å². The summed E-state index contributed by atoms with van der Waals surface area (Å²) in [5, 5.41) is 9.47. The van der Waals surface area contributed by atoms with E-state index in [4.69, 9.17) is 17.0 Å². The Balaban J connectivity index is 1.55. The molecule has 0 bridgehead atoms. The molecule has 5 heteroatoms. The van der Waals surface area contributed by atoms with E-state index in [2.05, 4.69) is 11.1 Å². The molecule has 3 aromatic rings. The van der Waals surface area contributed by atoms with Crippen molar-refractivity contribution in [1.82, 2.24) is 4.98 Å². The van der Waals surface area contributed by atoms with Crippen molar-refractivity contribution in [3.63, 3.8) is 0 Å². The number of amides is 1. The Morgan fingerprint density at radius 3 is 3.00 bits per heavy atom. The summed E-state index contributed by atoms with van der Waals surface area (Å²) < 4.78 is 0. The standard InChI is InChI=1S/C21H20ClN3O/c22-17-6-7-20-16(10-17)9-14(11-23)13-25(20)21(26)8-5-15-12-24-19-4-2-1-3-18(15)19/h1-4,6-7,10-12,14,23-24H,5,8-9,13H2. The molecule has 132 valence electrons. The summed E-state index contributed by atoms with van der Waals surface area (Å²) in [4.78, 5) is 18.0. The van der Waals surface area contributed by atoms with Gasteiger partial charge < -0.3 is 15.3 Å². The third-order valence-electron chi connectivity index (χ3n) is 5.05. The van der Waals surface area contributed by atoms with Gasteiger partial charge in [-0.1, -0.05) is 29.8 Å². The molecule has 4 nitrogen and oxygen atoms in total. The first-order valence-corrected chi connectivity index (χ1v) is 9.18. The van der Waals surface area contributed by atoms with E-state index < -0.39 is 0 Å². The van der Waals surface area contributed by atoms with Crippen LogP contribution in [-0.2, 0) is 17.6 Å². The topological polar surface area (TPSA) is 60.0 Å². The lowest BCUT2D eigenvalue weighted by atomic mass is 9.93. The number of carbonyl (C=O) groups excluding carboxylic acids is 1. The first-order chi connectivity index (χ1) is 12.7. The highest BCUT2D eigenvalue weighted by molar-refractivity contribution is 6.30. The maximum atomic E-state index is 12.9. The van der Waals surface area contributed by atoms with Gasteiger partial charge in [0, 0.05) is 52.9 Å². The number of aromatic nitrogens is 1. The SMILES string of the molecule is N=CC1Cc2cc(Cl)ccc2N(C(=O)CCc2c[nH]c3ccccc23)C1. The molecule has 0 fully saturated rings. The number of anilines is 1. The number of aromatic amines is 1. The molecule has 0 saturated heterocycles. The van der Waals surface area contributed by atoms with E-state index in [9.17, 15) is 4.79 Å². The Labute approximate surface area is 157 Å². The third-order valence-corrected chi connectivity index (χ3v) is 5.29. The number of hydrogen-bond donors (Lipinski definition) is 2. The molecule has 0 saturated carbocycles. The first-order valence-electron chi connectivity index (χ1n) is 8.80. The van der Waals surface area contributed by atoms with Crippen LogP contribution in [-0.4, -0.2) is 23.7 Å². The number of hydrogen-bond acceptors (Lipinski definition) is 2. The summed E-state index contributed by atoms with van der Waals surface area (Å²) in [7, 11) is 0. The fourth-order valence-electron chi connectivity index (χ4n) is 3.72. The predicted molar refractivity (Wildman–Crippen MR) is 106 cm³/mol. The molecule has 0 radical (unpaired) electrons. The molecular formula is C21H20ClN3O. The maximum Gasteiger partial charge on any atom is 0.227 e. The van der Waals surface area contributed by atoms with Gasteiger partial charge in [0.15, 0.2) is 0 Å². The van der Waals surface area contributed by atoms with Gasteiger partial charge in [-0.3, -0.25) is 4.79 Å². The molecule has 1 amide bonds. The zero-order chi connectivity index (χ0) is 18.1. The molecule has 0 aliphatic carbocycles. The predicted octanol–water partition coefficient (Wildman–Crippen LogP) is 4.61. The Bertz CT molecular complexity index is 978. The lowest BCUT2D eigenvalue weighted by Gasteiger charge is -2.33. The second-order valence-corrected chi connectivity index (χ2v) is 7.20. The van der Waals surface area contributed by atoms with Gasteiger partial charge in [-0.2, -0.15) is 0 Å². The molecular weight excluding hydrogens is 346 g/mol. The molecule has 1 atom stereocenters. The van der Waals surface area contributed by atoms with Crippen molar-refractivity contribution in [1.29, 1.82) is 5.41 Å². The Kier molecular flexibility index (Phi) is 4.51. The largest absolute Gasteiger partial charge is 0.361 e. The highest BCUT2D eigenvalue weighted by Crippen LogP contribution is 2.32. The summed E-state index contributed by atoms with van der Waals surface area (Å²) in [6.45, 7) is 0.560. The van der Waals surface area contributed by atoms with Crippen LogP contribution in [0.3, 0.4) is 0 Å². The lowest BCUT2D eigenvalue weighted by molar-refractivity contribution is -0.118. The molecule has 1 aliphatic heterocycles. The van der Waals surface area contributed by atoms with E-state index in [1.807, 2.05) is 47.5 Å². The van der Waals surface area contributed by atoms with Gasteiger partial charge in [0.25, 0.3) is 0 Å². The number of aryl methyl sites for hydroxylation is 1. The van der Waals surface area contributed by atoms with Crippen LogP contribution in [0.1, 0.15) is 17.5 Å². The fraction of sp³-hybridized carbons (Fsp3) is 0.238. The minimum atomic E-state index is 0.0398. The van der Waals surface area contributed by atoms with E-state index in [0.717, 1.165) is 28.8 Å². The van der Waals surface area contributed by atoms with Gasteiger partial charge >= 0.3 is 0 Å². The van der Waals surface area contributed by atoms with Crippen molar-refractivity contribution in [2.75, 3.05) is 11.4 Å². The average Bonchev–Trinajstić information content (AvgIpc) is 3.08. The second kappa shape index (κ2) is 6.96.